The Morgan fingerprint density at radius 2 is 1.97 bits per heavy atom. The van der Waals surface area contributed by atoms with Gasteiger partial charge in [0.05, 0.1) is 18.9 Å². The Bertz CT molecular complexity index is 1170. The number of halogens is 1. The number of thiazole rings is 1. The van der Waals surface area contributed by atoms with E-state index in [0.717, 1.165) is 10.4 Å². The third-order valence-electron chi connectivity index (χ3n) is 6.31. The van der Waals surface area contributed by atoms with Crippen LogP contribution in [0, 0.1) is 5.92 Å². The summed E-state index contributed by atoms with van der Waals surface area (Å²) >= 11 is 1.56. The number of rotatable bonds is 6. The zero-order valence-electron chi connectivity index (χ0n) is 19.1. The van der Waals surface area contributed by atoms with Crippen LogP contribution in [0.25, 0.3) is 16.2 Å². The summed E-state index contributed by atoms with van der Waals surface area (Å²) in [6.07, 6.45) is 6.95. The van der Waals surface area contributed by atoms with Crippen LogP contribution in [0.4, 0.5) is 10.6 Å². The largest absolute Gasteiger partial charge is 0.453 e. The van der Waals surface area contributed by atoms with E-state index in [2.05, 4.69) is 32.4 Å². The molecule has 4 heterocycles. The summed E-state index contributed by atoms with van der Waals surface area (Å²) < 4.78 is 6.46. The van der Waals surface area contributed by atoms with Crippen molar-refractivity contribution in [2.75, 3.05) is 25.5 Å². The van der Waals surface area contributed by atoms with E-state index in [1.165, 1.54) is 20.0 Å². The minimum absolute atomic E-state index is 0. The molecule has 2 fully saturated rings. The number of hydrogen-bond donors (Lipinski definition) is 2. The predicted molar refractivity (Wildman–Crippen MR) is 132 cm³/mol. The number of fused-ring (bicyclic) bond motifs is 1. The number of methoxy groups -OCH3 is 1. The SMILES string of the molecule is COC(=O)NC1CCN(C(=O)c2cc(N[C@@H](C)C3CC3)nc(-c3cnn4ccsc34)n2)CC1.Cl. The lowest BCUT2D eigenvalue weighted by Crippen LogP contribution is -2.46. The Morgan fingerprint density at radius 3 is 2.68 bits per heavy atom. The number of piperidine rings is 1. The van der Waals surface area contributed by atoms with Crippen molar-refractivity contribution in [3.63, 3.8) is 0 Å². The van der Waals surface area contributed by atoms with Crippen molar-refractivity contribution >= 4 is 46.4 Å². The van der Waals surface area contributed by atoms with Crippen molar-refractivity contribution in [3.8, 4) is 11.4 Å². The van der Waals surface area contributed by atoms with E-state index in [9.17, 15) is 9.59 Å². The van der Waals surface area contributed by atoms with Gasteiger partial charge in [0, 0.05) is 42.8 Å². The lowest BCUT2D eigenvalue weighted by molar-refractivity contribution is 0.0698. The third kappa shape index (κ3) is 5.10. The average molecular weight is 506 g/mol. The van der Waals surface area contributed by atoms with Gasteiger partial charge in [-0.15, -0.1) is 23.7 Å². The summed E-state index contributed by atoms with van der Waals surface area (Å²) in [7, 11) is 1.35. The van der Waals surface area contributed by atoms with E-state index >= 15 is 0 Å². The second-order valence-electron chi connectivity index (χ2n) is 8.65. The molecule has 1 aliphatic heterocycles. The van der Waals surface area contributed by atoms with E-state index in [-0.39, 0.29) is 30.4 Å². The van der Waals surface area contributed by atoms with Gasteiger partial charge in [-0.1, -0.05) is 0 Å². The maximum absolute atomic E-state index is 13.4. The van der Waals surface area contributed by atoms with E-state index in [0.29, 0.717) is 49.2 Å². The van der Waals surface area contributed by atoms with Crippen LogP contribution in [-0.4, -0.2) is 68.8 Å². The van der Waals surface area contributed by atoms with Crippen LogP contribution in [0.15, 0.2) is 23.8 Å². The van der Waals surface area contributed by atoms with Crippen molar-refractivity contribution in [1.82, 2.24) is 29.8 Å². The molecule has 2 amide bonds. The number of carbonyl (C=O) groups is 2. The molecule has 1 saturated heterocycles. The quantitative estimate of drug-likeness (QED) is 0.527. The molecule has 12 heteroatoms. The maximum atomic E-state index is 13.4. The first-order valence-corrected chi connectivity index (χ1v) is 12.1. The number of hydrogen-bond acceptors (Lipinski definition) is 8. The van der Waals surface area contributed by atoms with Crippen LogP contribution in [-0.2, 0) is 4.74 Å². The van der Waals surface area contributed by atoms with E-state index in [1.54, 1.807) is 33.0 Å². The third-order valence-corrected chi connectivity index (χ3v) is 7.20. The van der Waals surface area contributed by atoms with E-state index in [1.807, 2.05) is 11.6 Å². The molecule has 1 aliphatic carbocycles. The molecule has 182 valence electrons. The average Bonchev–Trinajstić information content (AvgIpc) is 3.45. The van der Waals surface area contributed by atoms with Crippen LogP contribution in [0.5, 0.6) is 0 Å². The minimum atomic E-state index is -0.443. The van der Waals surface area contributed by atoms with Gasteiger partial charge in [0.25, 0.3) is 5.91 Å². The fourth-order valence-electron chi connectivity index (χ4n) is 4.19. The number of aromatic nitrogens is 4. The Hall–Kier alpha value is -2.92. The molecule has 0 aromatic carbocycles. The molecule has 3 aromatic rings. The van der Waals surface area contributed by atoms with Crippen molar-refractivity contribution in [2.24, 2.45) is 5.92 Å². The number of likely N-dealkylation sites (tertiary alicyclic amines) is 1. The normalized spacial score (nSPS) is 17.2. The predicted octanol–water partition coefficient (Wildman–Crippen LogP) is 3.45. The molecule has 2 N–H and O–H groups in total. The fourth-order valence-corrected chi connectivity index (χ4v) is 4.99. The van der Waals surface area contributed by atoms with Crippen LogP contribution in [0.1, 0.15) is 43.1 Å². The summed E-state index contributed by atoms with van der Waals surface area (Å²) in [6.45, 7) is 3.23. The number of carbonyl (C=O) groups excluding carboxylic acids is 2. The van der Waals surface area contributed by atoms with Gasteiger partial charge in [-0.2, -0.15) is 5.10 Å². The molecule has 10 nitrogen and oxygen atoms in total. The number of nitrogens with one attached hydrogen (secondary N) is 2. The molecule has 0 radical (unpaired) electrons. The monoisotopic (exact) mass is 505 g/mol. The number of nitrogens with zero attached hydrogens (tertiary/aromatic N) is 5. The van der Waals surface area contributed by atoms with Gasteiger partial charge in [-0.05, 0) is 38.5 Å². The molecule has 2 aliphatic rings. The number of alkyl carbamates (subject to hydrolysis) is 1. The second-order valence-corrected chi connectivity index (χ2v) is 9.54. The summed E-state index contributed by atoms with van der Waals surface area (Å²) in [6, 6.07) is 2.03. The van der Waals surface area contributed by atoms with Crippen molar-refractivity contribution < 1.29 is 14.3 Å². The molecule has 0 bridgehead atoms. The standard InChI is InChI=1S/C22H27N7O3S.ClH/c1-13(14-3-4-14)24-18-11-17(20(30)28-7-5-15(6-8-28)25-22(31)32-2)26-19(27-18)16-12-23-29-9-10-33-21(16)29;/h9-15H,3-8H2,1-2H3,(H,25,31)(H,24,26,27);1H/t13-;/m0./s1. The first-order valence-electron chi connectivity index (χ1n) is 11.2. The van der Waals surface area contributed by atoms with Gasteiger partial charge in [0.2, 0.25) is 0 Å². The molecule has 5 rings (SSSR count). The van der Waals surface area contributed by atoms with Crippen molar-refractivity contribution in [2.45, 2.75) is 44.7 Å². The topological polar surface area (TPSA) is 114 Å². The van der Waals surface area contributed by atoms with Crippen LogP contribution >= 0.6 is 23.7 Å². The van der Waals surface area contributed by atoms with Crippen molar-refractivity contribution in [1.29, 1.82) is 0 Å². The Kier molecular flexibility index (Phi) is 7.22. The van der Waals surface area contributed by atoms with Gasteiger partial charge >= 0.3 is 6.09 Å². The highest BCUT2D eigenvalue weighted by Crippen LogP contribution is 2.34. The van der Waals surface area contributed by atoms with Gasteiger partial charge < -0.3 is 20.3 Å². The zero-order valence-corrected chi connectivity index (χ0v) is 20.7. The molecule has 34 heavy (non-hydrogen) atoms. The number of anilines is 1. The molecule has 0 unspecified atom stereocenters. The summed E-state index contributed by atoms with van der Waals surface area (Å²) in [5.74, 6) is 1.66. The highest BCUT2D eigenvalue weighted by Gasteiger charge is 2.30. The molecule has 1 atom stereocenters. The summed E-state index contributed by atoms with van der Waals surface area (Å²) in [4.78, 5) is 37.0. The summed E-state index contributed by atoms with van der Waals surface area (Å²) in [5, 5.41) is 12.6. The number of amides is 2. The minimum Gasteiger partial charge on any atom is -0.453 e. The first kappa shape index (κ1) is 24.2. The molecule has 1 saturated carbocycles. The maximum Gasteiger partial charge on any atom is 0.407 e. The Morgan fingerprint density at radius 1 is 1.21 bits per heavy atom. The molecular formula is C22H28ClN7O3S. The van der Waals surface area contributed by atoms with Crippen LogP contribution in [0.3, 0.4) is 0 Å². The van der Waals surface area contributed by atoms with Gasteiger partial charge in [0.1, 0.15) is 16.3 Å². The van der Waals surface area contributed by atoms with E-state index in [4.69, 9.17) is 4.98 Å². The Balaban J connectivity index is 0.00000274. The van der Waals surface area contributed by atoms with Crippen LogP contribution in [0.2, 0.25) is 0 Å². The van der Waals surface area contributed by atoms with Crippen LogP contribution < -0.4 is 10.6 Å². The lowest BCUT2D eigenvalue weighted by atomic mass is 10.0. The molecular weight excluding hydrogens is 478 g/mol. The number of ether oxygens (including phenoxy) is 1. The smallest absolute Gasteiger partial charge is 0.407 e. The zero-order chi connectivity index (χ0) is 22.9. The molecule has 3 aromatic heterocycles. The van der Waals surface area contributed by atoms with Gasteiger partial charge in [-0.25, -0.2) is 19.3 Å². The fraction of sp³-hybridized carbons (Fsp3) is 0.500. The summed E-state index contributed by atoms with van der Waals surface area (Å²) in [5.41, 5.74) is 1.17. The second kappa shape index (κ2) is 10.1. The van der Waals surface area contributed by atoms with E-state index < -0.39 is 6.09 Å². The lowest BCUT2D eigenvalue weighted by Gasteiger charge is -2.32. The van der Waals surface area contributed by atoms with Gasteiger partial charge in [-0.3, -0.25) is 4.79 Å². The Labute approximate surface area is 207 Å². The molecule has 0 spiro atoms. The highest BCUT2D eigenvalue weighted by atomic mass is 35.5. The first-order chi connectivity index (χ1) is 16.0. The highest BCUT2D eigenvalue weighted by molar-refractivity contribution is 7.16. The van der Waals surface area contributed by atoms with Gasteiger partial charge in [0.15, 0.2) is 5.82 Å². The van der Waals surface area contributed by atoms with Crippen molar-refractivity contribution in [3.05, 3.63) is 29.5 Å².